The van der Waals surface area contributed by atoms with E-state index < -0.39 is 0 Å². The third-order valence-electron chi connectivity index (χ3n) is 6.59. The number of hydrogen-bond acceptors (Lipinski definition) is 4. The van der Waals surface area contributed by atoms with Crippen LogP contribution in [0, 0.1) is 11.8 Å². The molecule has 170 valence electrons. The van der Waals surface area contributed by atoms with Crippen LogP contribution < -0.4 is 15.0 Å². The first-order valence-electron chi connectivity index (χ1n) is 11.6. The minimum Gasteiger partial charge on any atom is -0.492 e. The van der Waals surface area contributed by atoms with Gasteiger partial charge in [0.15, 0.2) is 0 Å². The number of carbonyl (C=O) groups is 2. The van der Waals surface area contributed by atoms with Gasteiger partial charge in [0.05, 0.1) is 18.2 Å². The first-order valence-corrected chi connectivity index (χ1v) is 11.6. The highest BCUT2D eigenvalue weighted by Gasteiger charge is 2.37. The van der Waals surface area contributed by atoms with E-state index in [2.05, 4.69) is 41.4 Å². The predicted octanol–water partition coefficient (Wildman–Crippen LogP) is 3.47. The highest BCUT2D eigenvalue weighted by atomic mass is 16.5. The fraction of sp³-hybridized carbons (Fsp3) is 0.462. The molecule has 0 unspecified atom stereocenters. The van der Waals surface area contributed by atoms with Crippen LogP contribution in [0.3, 0.4) is 0 Å². The van der Waals surface area contributed by atoms with Crippen molar-refractivity contribution < 1.29 is 14.3 Å². The van der Waals surface area contributed by atoms with Crippen molar-refractivity contribution in [2.75, 3.05) is 31.1 Å². The van der Waals surface area contributed by atoms with Gasteiger partial charge in [-0.05, 0) is 50.4 Å². The summed E-state index contributed by atoms with van der Waals surface area (Å²) in [6.07, 6.45) is 1.32. The van der Waals surface area contributed by atoms with Gasteiger partial charge < -0.3 is 15.0 Å². The van der Waals surface area contributed by atoms with Crippen LogP contribution in [-0.2, 0) is 16.1 Å². The Morgan fingerprint density at radius 1 is 1.12 bits per heavy atom. The number of para-hydroxylation sites is 2. The summed E-state index contributed by atoms with van der Waals surface area (Å²) < 4.78 is 5.68. The number of amides is 2. The van der Waals surface area contributed by atoms with E-state index in [4.69, 9.17) is 4.74 Å². The maximum Gasteiger partial charge on any atom is 0.227 e. The summed E-state index contributed by atoms with van der Waals surface area (Å²) in [7, 11) is 0. The number of nitrogens with one attached hydrogen (secondary N) is 1. The molecule has 2 aromatic rings. The van der Waals surface area contributed by atoms with Gasteiger partial charge in [-0.3, -0.25) is 14.5 Å². The topological polar surface area (TPSA) is 61.9 Å². The highest BCUT2D eigenvalue weighted by Crippen LogP contribution is 2.33. The van der Waals surface area contributed by atoms with Crippen LogP contribution >= 0.6 is 0 Å². The summed E-state index contributed by atoms with van der Waals surface area (Å²) in [6.45, 7) is 7.91. The quantitative estimate of drug-likeness (QED) is 0.690. The number of ether oxygens (including phenoxy) is 1. The number of nitrogens with zero attached hydrogens (tertiary/aromatic N) is 2. The monoisotopic (exact) mass is 435 g/mol. The lowest BCUT2D eigenvalue weighted by Gasteiger charge is -2.24. The van der Waals surface area contributed by atoms with Crippen molar-refractivity contribution in [3.63, 3.8) is 0 Å². The van der Waals surface area contributed by atoms with E-state index in [-0.39, 0.29) is 30.2 Å². The summed E-state index contributed by atoms with van der Waals surface area (Å²) >= 11 is 0. The van der Waals surface area contributed by atoms with Crippen molar-refractivity contribution in [1.29, 1.82) is 0 Å². The molecule has 0 aliphatic carbocycles. The molecule has 0 saturated carbocycles. The minimum absolute atomic E-state index is 0.0243. The largest absolute Gasteiger partial charge is 0.492 e. The van der Waals surface area contributed by atoms with E-state index >= 15 is 0 Å². The summed E-state index contributed by atoms with van der Waals surface area (Å²) in [6, 6.07) is 18.1. The third-order valence-corrected chi connectivity index (χ3v) is 6.59. The molecule has 6 heteroatoms. The molecule has 6 nitrogen and oxygen atoms in total. The second-order valence-electron chi connectivity index (χ2n) is 8.87. The predicted molar refractivity (Wildman–Crippen MR) is 126 cm³/mol. The Kier molecular flexibility index (Phi) is 7.10. The fourth-order valence-corrected chi connectivity index (χ4v) is 4.79. The molecule has 2 aliphatic heterocycles. The van der Waals surface area contributed by atoms with Crippen LogP contribution in [-0.4, -0.2) is 49.0 Å². The van der Waals surface area contributed by atoms with Gasteiger partial charge in [-0.15, -0.1) is 0 Å². The van der Waals surface area contributed by atoms with Crippen LogP contribution in [0.4, 0.5) is 5.69 Å². The van der Waals surface area contributed by atoms with Crippen molar-refractivity contribution >= 4 is 17.5 Å². The number of hydrogen-bond donors (Lipinski definition) is 1. The number of benzene rings is 2. The van der Waals surface area contributed by atoms with E-state index in [9.17, 15) is 9.59 Å². The third kappa shape index (κ3) is 5.13. The average molecular weight is 436 g/mol. The molecule has 0 radical (unpaired) electrons. The Balaban J connectivity index is 1.31. The second-order valence-corrected chi connectivity index (χ2v) is 8.87. The number of carbonyl (C=O) groups excluding carboxylic acids is 2. The Morgan fingerprint density at radius 2 is 1.88 bits per heavy atom. The first-order chi connectivity index (χ1) is 15.5. The van der Waals surface area contributed by atoms with Gasteiger partial charge in [0.1, 0.15) is 5.75 Å². The van der Waals surface area contributed by atoms with E-state index in [1.54, 1.807) is 4.90 Å². The highest BCUT2D eigenvalue weighted by molar-refractivity contribution is 6.01. The minimum atomic E-state index is -0.332. The zero-order chi connectivity index (χ0) is 22.5. The number of likely N-dealkylation sites (tertiary alicyclic amines) is 1. The molecule has 2 heterocycles. The van der Waals surface area contributed by atoms with Crippen molar-refractivity contribution in [2.24, 2.45) is 11.8 Å². The molecule has 32 heavy (non-hydrogen) atoms. The van der Waals surface area contributed by atoms with E-state index in [0.717, 1.165) is 31.7 Å². The SMILES string of the molecule is CCOc1ccccc1N1C[C@H](C(=O)N[C@@H](C)[C@@H]2CCN(Cc3ccccc3)C2)CC1=O. The molecule has 0 aromatic heterocycles. The van der Waals surface area contributed by atoms with Gasteiger partial charge in [-0.1, -0.05) is 42.5 Å². The second kappa shape index (κ2) is 10.2. The Labute approximate surface area is 190 Å². The Bertz CT molecular complexity index is 933. The summed E-state index contributed by atoms with van der Waals surface area (Å²) in [5.41, 5.74) is 2.07. The molecule has 0 spiro atoms. The van der Waals surface area contributed by atoms with Crippen LogP contribution in [0.2, 0.25) is 0 Å². The summed E-state index contributed by atoms with van der Waals surface area (Å²) in [5.74, 6) is 0.724. The zero-order valence-electron chi connectivity index (χ0n) is 19.0. The standard InChI is InChI=1S/C26H33N3O3/c1-3-32-24-12-8-7-11-23(24)29-18-22(15-25(29)30)26(31)27-19(2)21-13-14-28(17-21)16-20-9-5-4-6-10-20/h4-12,19,21-22H,3,13-18H2,1-2H3,(H,27,31)/t19-,21+,22+/m0/s1. The summed E-state index contributed by atoms with van der Waals surface area (Å²) in [4.78, 5) is 29.8. The molecule has 2 amide bonds. The Hall–Kier alpha value is -2.86. The van der Waals surface area contributed by atoms with Crippen LogP contribution in [0.15, 0.2) is 54.6 Å². The van der Waals surface area contributed by atoms with Gasteiger partial charge >= 0.3 is 0 Å². The first kappa shape index (κ1) is 22.3. The number of rotatable bonds is 8. The van der Waals surface area contributed by atoms with Gasteiger partial charge in [0.25, 0.3) is 0 Å². The van der Waals surface area contributed by atoms with Gasteiger partial charge in [0, 0.05) is 32.1 Å². The summed E-state index contributed by atoms with van der Waals surface area (Å²) in [5, 5.41) is 3.20. The van der Waals surface area contributed by atoms with Crippen molar-refractivity contribution in [1.82, 2.24) is 10.2 Å². The molecule has 2 fully saturated rings. The maximum atomic E-state index is 13.0. The van der Waals surface area contributed by atoms with Gasteiger partial charge in [-0.2, -0.15) is 0 Å². The fourth-order valence-electron chi connectivity index (χ4n) is 4.79. The van der Waals surface area contributed by atoms with E-state index in [1.165, 1.54) is 5.56 Å². The number of anilines is 1. The lowest BCUT2D eigenvalue weighted by molar-refractivity contribution is -0.127. The lowest BCUT2D eigenvalue weighted by atomic mass is 9.99. The molecule has 2 aliphatic rings. The lowest BCUT2D eigenvalue weighted by Crippen LogP contribution is -2.42. The van der Waals surface area contributed by atoms with Crippen LogP contribution in [0.1, 0.15) is 32.3 Å². The van der Waals surface area contributed by atoms with Gasteiger partial charge in [0.2, 0.25) is 11.8 Å². The molecule has 2 aromatic carbocycles. The normalized spacial score (nSPS) is 22.2. The smallest absolute Gasteiger partial charge is 0.227 e. The van der Waals surface area contributed by atoms with Gasteiger partial charge in [-0.25, -0.2) is 0 Å². The average Bonchev–Trinajstić information content (AvgIpc) is 3.42. The molecule has 0 bridgehead atoms. The zero-order valence-corrected chi connectivity index (χ0v) is 19.0. The van der Waals surface area contributed by atoms with Crippen LogP contribution in [0.5, 0.6) is 5.75 Å². The van der Waals surface area contributed by atoms with Crippen molar-refractivity contribution in [3.8, 4) is 5.75 Å². The molecule has 3 atom stereocenters. The van der Waals surface area contributed by atoms with E-state index in [0.29, 0.717) is 24.8 Å². The van der Waals surface area contributed by atoms with Crippen molar-refractivity contribution in [3.05, 3.63) is 60.2 Å². The molecule has 4 rings (SSSR count). The maximum absolute atomic E-state index is 13.0. The molecular formula is C26H33N3O3. The molecule has 2 saturated heterocycles. The van der Waals surface area contributed by atoms with Crippen LogP contribution in [0.25, 0.3) is 0 Å². The molecule has 1 N–H and O–H groups in total. The molecular weight excluding hydrogens is 402 g/mol. The van der Waals surface area contributed by atoms with E-state index in [1.807, 2.05) is 37.3 Å². The van der Waals surface area contributed by atoms with Crippen molar-refractivity contribution in [2.45, 2.75) is 39.3 Å². The Morgan fingerprint density at radius 3 is 2.66 bits per heavy atom.